The van der Waals surface area contributed by atoms with Gasteiger partial charge in [0.05, 0.1) is 4.90 Å². The predicted octanol–water partition coefficient (Wildman–Crippen LogP) is 3.37. The first-order valence-corrected chi connectivity index (χ1v) is 9.91. The number of sulfonamides is 1. The Hall–Kier alpha value is -0.430. The Morgan fingerprint density at radius 2 is 1.81 bits per heavy atom. The highest BCUT2D eigenvalue weighted by Crippen LogP contribution is 2.28. The molecule has 0 amide bonds. The zero-order valence-corrected chi connectivity index (χ0v) is 15.4. The number of hydrogen-bond donors (Lipinski definition) is 1. The largest absolute Gasteiger partial charge is 0.310 e. The molecule has 1 rings (SSSR count). The van der Waals surface area contributed by atoms with E-state index < -0.39 is 10.0 Å². The minimum atomic E-state index is -3.36. The van der Waals surface area contributed by atoms with Crippen molar-refractivity contribution in [1.29, 1.82) is 0 Å². The third kappa shape index (κ3) is 5.06. The van der Waals surface area contributed by atoms with Gasteiger partial charge in [0, 0.05) is 35.4 Å². The van der Waals surface area contributed by atoms with E-state index >= 15 is 0 Å². The number of aryl methyl sites for hydroxylation is 1. The molecule has 6 heteroatoms. The summed E-state index contributed by atoms with van der Waals surface area (Å²) in [4.78, 5) is 2.44. The molecule has 21 heavy (non-hydrogen) atoms. The summed E-state index contributed by atoms with van der Waals surface area (Å²) in [7, 11) is -3.36. The topological polar surface area (TPSA) is 49.4 Å². The van der Waals surface area contributed by atoms with Crippen molar-refractivity contribution in [2.75, 3.05) is 13.1 Å². The van der Waals surface area contributed by atoms with E-state index in [4.69, 9.17) is 0 Å². The van der Waals surface area contributed by atoms with Crippen LogP contribution in [0.4, 0.5) is 0 Å². The van der Waals surface area contributed by atoms with Crippen LogP contribution in [-0.4, -0.2) is 31.9 Å². The van der Waals surface area contributed by atoms with Crippen LogP contribution in [0.1, 0.15) is 50.3 Å². The van der Waals surface area contributed by atoms with Gasteiger partial charge < -0.3 is 5.32 Å². The molecule has 0 unspecified atom stereocenters. The third-order valence-electron chi connectivity index (χ3n) is 3.17. The standard InChI is InChI=1S/C15H28N2O2S2/c1-6-8-17(9-7-2)21(18,19)15-10-14(20-13(15)5)11-16-12(3)4/h10,12,16H,6-9,11H2,1-5H3. The Kier molecular flexibility index (Phi) is 7.33. The van der Waals surface area contributed by atoms with Gasteiger partial charge in [-0.3, -0.25) is 0 Å². The molecule has 0 bridgehead atoms. The average molecular weight is 333 g/mol. The smallest absolute Gasteiger partial charge is 0.244 e. The van der Waals surface area contributed by atoms with Crippen molar-refractivity contribution in [3.63, 3.8) is 0 Å². The molecule has 1 N–H and O–H groups in total. The summed E-state index contributed by atoms with van der Waals surface area (Å²) in [5.74, 6) is 0. The van der Waals surface area contributed by atoms with Crippen LogP contribution < -0.4 is 5.32 Å². The van der Waals surface area contributed by atoms with Crippen LogP contribution in [0.3, 0.4) is 0 Å². The fourth-order valence-electron chi connectivity index (χ4n) is 2.16. The summed E-state index contributed by atoms with van der Waals surface area (Å²) < 4.78 is 27.2. The molecule has 1 heterocycles. The maximum Gasteiger partial charge on any atom is 0.244 e. The first kappa shape index (κ1) is 18.6. The van der Waals surface area contributed by atoms with E-state index in [-0.39, 0.29) is 0 Å². The zero-order valence-electron chi connectivity index (χ0n) is 13.8. The summed E-state index contributed by atoms with van der Waals surface area (Å²) in [6.07, 6.45) is 1.67. The van der Waals surface area contributed by atoms with Gasteiger partial charge in [-0.25, -0.2) is 8.42 Å². The van der Waals surface area contributed by atoms with Crippen LogP contribution >= 0.6 is 11.3 Å². The van der Waals surface area contributed by atoms with E-state index in [0.717, 1.165) is 29.1 Å². The van der Waals surface area contributed by atoms with Crippen molar-refractivity contribution in [3.8, 4) is 0 Å². The van der Waals surface area contributed by atoms with Crippen LogP contribution in [0.15, 0.2) is 11.0 Å². The van der Waals surface area contributed by atoms with E-state index in [0.29, 0.717) is 24.0 Å². The molecule has 0 aromatic carbocycles. The molecule has 0 aliphatic carbocycles. The minimum absolute atomic E-state index is 0.393. The van der Waals surface area contributed by atoms with Gasteiger partial charge in [-0.2, -0.15) is 4.31 Å². The Labute approximate surface area is 133 Å². The summed E-state index contributed by atoms with van der Waals surface area (Å²) >= 11 is 1.57. The SMILES string of the molecule is CCCN(CCC)S(=O)(=O)c1cc(CNC(C)C)sc1C. The van der Waals surface area contributed by atoms with Gasteiger partial charge in [-0.05, 0) is 25.8 Å². The fourth-order valence-corrected chi connectivity index (χ4v) is 5.34. The summed E-state index contributed by atoms with van der Waals surface area (Å²) in [6.45, 7) is 12.0. The van der Waals surface area contributed by atoms with Crippen LogP contribution in [-0.2, 0) is 16.6 Å². The first-order valence-electron chi connectivity index (χ1n) is 7.65. The van der Waals surface area contributed by atoms with Gasteiger partial charge in [0.2, 0.25) is 10.0 Å². The quantitative estimate of drug-likeness (QED) is 0.754. The summed E-state index contributed by atoms with van der Waals surface area (Å²) in [5.41, 5.74) is 0. The number of rotatable bonds is 9. The second-order valence-electron chi connectivity index (χ2n) is 5.57. The van der Waals surface area contributed by atoms with Crippen LogP contribution in [0, 0.1) is 6.92 Å². The lowest BCUT2D eigenvalue weighted by molar-refractivity contribution is 0.410. The molecule has 0 aliphatic rings. The molecule has 1 aromatic heterocycles. The second kappa shape index (κ2) is 8.27. The molecule has 0 fully saturated rings. The van der Waals surface area contributed by atoms with Crippen molar-refractivity contribution in [3.05, 3.63) is 15.8 Å². The molecule has 1 aromatic rings. The van der Waals surface area contributed by atoms with Crippen molar-refractivity contribution < 1.29 is 8.42 Å². The van der Waals surface area contributed by atoms with E-state index in [1.54, 1.807) is 15.6 Å². The van der Waals surface area contributed by atoms with E-state index in [1.807, 2.05) is 26.8 Å². The molecular formula is C15H28N2O2S2. The fraction of sp³-hybridized carbons (Fsp3) is 0.733. The highest BCUT2D eigenvalue weighted by Gasteiger charge is 2.26. The Bertz CT molecular complexity index is 530. The number of nitrogens with one attached hydrogen (secondary N) is 1. The van der Waals surface area contributed by atoms with Crippen LogP contribution in [0.5, 0.6) is 0 Å². The maximum atomic E-state index is 12.8. The van der Waals surface area contributed by atoms with Gasteiger partial charge in [0.25, 0.3) is 0 Å². The molecule has 0 radical (unpaired) electrons. The van der Waals surface area contributed by atoms with Crippen LogP contribution in [0.25, 0.3) is 0 Å². The second-order valence-corrected chi connectivity index (χ2v) is 8.82. The predicted molar refractivity (Wildman–Crippen MR) is 90.4 cm³/mol. The Balaban J connectivity index is 3.01. The van der Waals surface area contributed by atoms with E-state index in [1.165, 1.54) is 0 Å². The minimum Gasteiger partial charge on any atom is -0.310 e. The first-order chi connectivity index (χ1) is 9.82. The average Bonchev–Trinajstić information content (AvgIpc) is 2.78. The van der Waals surface area contributed by atoms with Gasteiger partial charge in [0.15, 0.2) is 0 Å². The summed E-state index contributed by atoms with van der Waals surface area (Å²) in [5, 5.41) is 3.34. The highest BCUT2D eigenvalue weighted by atomic mass is 32.2. The number of nitrogens with zero attached hydrogens (tertiary/aromatic N) is 1. The summed E-state index contributed by atoms with van der Waals surface area (Å²) in [6, 6.07) is 2.23. The van der Waals surface area contributed by atoms with Crippen molar-refractivity contribution in [2.45, 2.75) is 64.9 Å². The normalized spacial score (nSPS) is 12.5. The zero-order chi connectivity index (χ0) is 16.0. The van der Waals surface area contributed by atoms with E-state index in [9.17, 15) is 8.42 Å². The molecule has 0 saturated heterocycles. The van der Waals surface area contributed by atoms with Gasteiger partial charge in [-0.15, -0.1) is 11.3 Å². The van der Waals surface area contributed by atoms with Crippen molar-refractivity contribution >= 4 is 21.4 Å². The lowest BCUT2D eigenvalue weighted by Crippen LogP contribution is -2.32. The molecule has 0 spiro atoms. The molecule has 122 valence electrons. The van der Waals surface area contributed by atoms with Crippen LogP contribution in [0.2, 0.25) is 0 Å². The highest BCUT2D eigenvalue weighted by molar-refractivity contribution is 7.89. The Morgan fingerprint density at radius 3 is 2.29 bits per heavy atom. The van der Waals surface area contributed by atoms with Gasteiger partial charge >= 0.3 is 0 Å². The molecule has 0 atom stereocenters. The van der Waals surface area contributed by atoms with E-state index in [2.05, 4.69) is 19.2 Å². The lowest BCUT2D eigenvalue weighted by Gasteiger charge is -2.20. The monoisotopic (exact) mass is 332 g/mol. The Morgan fingerprint density at radius 1 is 1.24 bits per heavy atom. The molecular weight excluding hydrogens is 304 g/mol. The van der Waals surface area contributed by atoms with Gasteiger partial charge in [0.1, 0.15) is 0 Å². The van der Waals surface area contributed by atoms with Crippen molar-refractivity contribution in [2.24, 2.45) is 0 Å². The molecule has 0 saturated carbocycles. The molecule has 0 aliphatic heterocycles. The third-order valence-corrected chi connectivity index (χ3v) is 6.38. The lowest BCUT2D eigenvalue weighted by atomic mass is 10.3. The maximum absolute atomic E-state index is 12.8. The van der Waals surface area contributed by atoms with Crippen molar-refractivity contribution in [1.82, 2.24) is 9.62 Å². The molecule has 4 nitrogen and oxygen atoms in total. The number of thiophene rings is 1. The van der Waals surface area contributed by atoms with Gasteiger partial charge in [-0.1, -0.05) is 27.7 Å². The number of hydrogen-bond acceptors (Lipinski definition) is 4.